The maximum Gasteiger partial charge on any atom is 0.138 e. The van der Waals surface area contributed by atoms with E-state index in [-0.39, 0.29) is 0 Å². The molecule has 0 aliphatic heterocycles. The zero-order valence-corrected chi connectivity index (χ0v) is 11.9. The zero-order valence-electron chi connectivity index (χ0n) is 11.9. The van der Waals surface area contributed by atoms with E-state index in [1.807, 2.05) is 0 Å². The van der Waals surface area contributed by atoms with E-state index in [2.05, 4.69) is 40.9 Å². The summed E-state index contributed by atoms with van der Waals surface area (Å²) in [6.07, 6.45) is 6.80. The molecule has 0 aromatic carbocycles. The van der Waals surface area contributed by atoms with Crippen LogP contribution in [-0.2, 0) is 13.0 Å². The van der Waals surface area contributed by atoms with Crippen LogP contribution in [0.4, 0.5) is 0 Å². The van der Waals surface area contributed by atoms with Gasteiger partial charge >= 0.3 is 0 Å². The van der Waals surface area contributed by atoms with Gasteiger partial charge in [-0.2, -0.15) is 5.10 Å². The second kappa shape index (κ2) is 5.83. The minimum Gasteiger partial charge on any atom is -0.316 e. The van der Waals surface area contributed by atoms with E-state index in [0.717, 1.165) is 26.1 Å². The van der Waals surface area contributed by atoms with Crippen molar-refractivity contribution < 1.29 is 0 Å². The summed E-state index contributed by atoms with van der Waals surface area (Å²) in [7, 11) is 0. The highest BCUT2D eigenvalue weighted by molar-refractivity contribution is 4.99. The van der Waals surface area contributed by atoms with Crippen LogP contribution in [0.15, 0.2) is 6.33 Å². The molecule has 4 heteroatoms. The second-order valence-electron chi connectivity index (χ2n) is 6.06. The molecule has 2 rings (SSSR count). The van der Waals surface area contributed by atoms with Crippen molar-refractivity contribution in [1.82, 2.24) is 20.1 Å². The molecular weight excluding hydrogens is 224 g/mol. The smallest absolute Gasteiger partial charge is 0.138 e. The van der Waals surface area contributed by atoms with Gasteiger partial charge in [-0.1, -0.05) is 27.2 Å². The Morgan fingerprint density at radius 2 is 2.22 bits per heavy atom. The van der Waals surface area contributed by atoms with E-state index in [9.17, 15) is 0 Å². The molecule has 1 aromatic heterocycles. The van der Waals surface area contributed by atoms with E-state index in [4.69, 9.17) is 0 Å². The molecule has 0 unspecified atom stereocenters. The van der Waals surface area contributed by atoms with E-state index in [0.29, 0.717) is 11.3 Å². The molecule has 1 N–H and O–H groups in total. The Labute approximate surface area is 110 Å². The van der Waals surface area contributed by atoms with Gasteiger partial charge in [-0.05, 0) is 30.7 Å². The maximum absolute atomic E-state index is 4.47. The Bertz CT molecular complexity index is 366. The minimum atomic E-state index is 0.442. The van der Waals surface area contributed by atoms with Gasteiger partial charge in [0, 0.05) is 19.5 Å². The zero-order chi connectivity index (χ0) is 13.0. The minimum absolute atomic E-state index is 0.442. The van der Waals surface area contributed by atoms with E-state index in [1.165, 1.54) is 25.1 Å². The van der Waals surface area contributed by atoms with Gasteiger partial charge in [0.05, 0.1) is 0 Å². The third kappa shape index (κ3) is 3.10. The van der Waals surface area contributed by atoms with E-state index < -0.39 is 0 Å². The molecule has 0 spiro atoms. The quantitative estimate of drug-likeness (QED) is 0.807. The van der Waals surface area contributed by atoms with E-state index >= 15 is 0 Å². The molecule has 102 valence electrons. The van der Waals surface area contributed by atoms with Crippen molar-refractivity contribution in [2.24, 2.45) is 11.3 Å². The van der Waals surface area contributed by atoms with Crippen molar-refractivity contribution in [3.8, 4) is 0 Å². The van der Waals surface area contributed by atoms with Crippen LogP contribution in [0, 0.1) is 11.3 Å². The molecule has 4 nitrogen and oxygen atoms in total. The van der Waals surface area contributed by atoms with Crippen LogP contribution in [0.5, 0.6) is 0 Å². The monoisotopic (exact) mass is 250 g/mol. The molecule has 0 radical (unpaired) electrons. The summed E-state index contributed by atoms with van der Waals surface area (Å²) >= 11 is 0. The van der Waals surface area contributed by atoms with Crippen LogP contribution in [0.1, 0.15) is 45.9 Å². The first-order valence-corrected chi connectivity index (χ1v) is 7.22. The number of hydrogen-bond donors (Lipinski definition) is 1. The first-order valence-electron chi connectivity index (χ1n) is 7.22. The molecule has 0 saturated heterocycles. The fraction of sp³-hybridized carbons (Fsp3) is 0.857. The Balaban J connectivity index is 2.01. The summed E-state index contributed by atoms with van der Waals surface area (Å²) in [6, 6.07) is 0. The maximum atomic E-state index is 4.47. The highest BCUT2D eigenvalue weighted by Crippen LogP contribution is 2.42. The molecule has 1 aromatic rings. The van der Waals surface area contributed by atoms with Crippen molar-refractivity contribution in [3.05, 3.63) is 12.2 Å². The second-order valence-corrected chi connectivity index (χ2v) is 6.06. The normalized spacial score (nSPS) is 18.0. The van der Waals surface area contributed by atoms with Gasteiger partial charge in [0.15, 0.2) is 0 Å². The lowest BCUT2D eigenvalue weighted by Gasteiger charge is -2.42. The SMILES string of the molecule is CCNCC1(Cc2ncnn2CC(C)C)CCC1. The van der Waals surface area contributed by atoms with Crippen LogP contribution in [0.3, 0.4) is 0 Å². The first-order chi connectivity index (χ1) is 8.65. The predicted octanol–water partition coefficient (Wildman–Crippen LogP) is 2.26. The van der Waals surface area contributed by atoms with Gasteiger partial charge in [0.2, 0.25) is 0 Å². The van der Waals surface area contributed by atoms with Gasteiger partial charge in [-0.25, -0.2) is 9.67 Å². The summed E-state index contributed by atoms with van der Waals surface area (Å²) in [4.78, 5) is 4.47. The lowest BCUT2D eigenvalue weighted by molar-refractivity contribution is 0.125. The third-order valence-corrected chi connectivity index (χ3v) is 3.93. The topological polar surface area (TPSA) is 42.7 Å². The number of nitrogens with zero attached hydrogens (tertiary/aromatic N) is 3. The molecule has 1 aliphatic rings. The van der Waals surface area contributed by atoms with Crippen LogP contribution >= 0.6 is 0 Å². The van der Waals surface area contributed by atoms with Crippen molar-refractivity contribution >= 4 is 0 Å². The van der Waals surface area contributed by atoms with Crippen molar-refractivity contribution in [2.75, 3.05) is 13.1 Å². The highest BCUT2D eigenvalue weighted by atomic mass is 15.3. The van der Waals surface area contributed by atoms with Gasteiger partial charge in [-0.3, -0.25) is 0 Å². The van der Waals surface area contributed by atoms with Gasteiger partial charge < -0.3 is 5.32 Å². The van der Waals surface area contributed by atoms with E-state index in [1.54, 1.807) is 6.33 Å². The van der Waals surface area contributed by atoms with Crippen LogP contribution in [0.2, 0.25) is 0 Å². The molecule has 1 aliphatic carbocycles. The summed E-state index contributed by atoms with van der Waals surface area (Å²) < 4.78 is 2.09. The van der Waals surface area contributed by atoms with Crippen molar-refractivity contribution in [2.45, 2.75) is 53.0 Å². The molecule has 0 atom stereocenters. The molecule has 1 fully saturated rings. The first kappa shape index (κ1) is 13.5. The predicted molar refractivity (Wildman–Crippen MR) is 73.4 cm³/mol. The lowest BCUT2D eigenvalue weighted by Crippen LogP contribution is -2.42. The highest BCUT2D eigenvalue weighted by Gasteiger charge is 2.37. The van der Waals surface area contributed by atoms with Crippen LogP contribution in [0.25, 0.3) is 0 Å². The molecule has 1 saturated carbocycles. The number of nitrogens with one attached hydrogen (secondary N) is 1. The van der Waals surface area contributed by atoms with Crippen LogP contribution in [-0.4, -0.2) is 27.9 Å². The Morgan fingerprint density at radius 3 is 2.78 bits per heavy atom. The largest absolute Gasteiger partial charge is 0.316 e. The summed E-state index contributed by atoms with van der Waals surface area (Å²) in [5, 5.41) is 7.87. The Kier molecular flexibility index (Phi) is 4.38. The fourth-order valence-corrected chi connectivity index (χ4v) is 2.74. The van der Waals surface area contributed by atoms with Gasteiger partial charge in [-0.15, -0.1) is 0 Å². The van der Waals surface area contributed by atoms with Crippen molar-refractivity contribution in [3.63, 3.8) is 0 Å². The average molecular weight is 250 g/mol. The standard InChI is InChI=1S/C14H26N4/c1-4-15-10-14(6-5-7-14)8-13-16-11-17-18(13)9-12(2)3/h11-12,15H,4-10H2,1-3H3. The lowest BCUT2D eigenvalue weighted by atomic mass is 9.66. The van der Waals surface area contributed by atoms with Gasteiger partial charge in [0.25, 0.3) is 0 Å². The third-order valence-electron chi connectivity index (χ3n) is 3.93. The Morgan fingerprint density at radius 1 is 1.44 bits per heavy atom. The molecule has 0 amide bonds. The number of aromatic nitrogens is 3. The Hall–Kier alpha value is -0.900. The van der Waals surface area contributed by atoms with Crippen molar-refractivity contribution in [1.29, 1.82) is 0 Å². The fourth-order valence-electron chi connectivity index (χ4n) is 2.74. The number of rotatable bonds is 7. The molecule has 18 heavy (non-hydrogen) atoms. The number of hydrogen-bond acceptors (Lipinski definition) is 3. The van der Waals surface area contributed by atoms with Gasteiger partial charge in [0.1, 0.15) is 12.2 Å². The summed E-state index contributed by atoms with van der Waals surface area (Å²) in [5.41, 5.74) is 0.442. The van der Waals surface area contributed by atoms with Crippen LogP contribution < -0.4 is 5.32 Å². The molecular formula is C14H26N4. The summed E-state index contributed by atoms with van der Waals surface area (Å²) in [6.45, 7) is 9.78. The molecule has 1 heterocycles. The average Bonchev–Trinajstić information content (AvgIpc) is 2.68. The summed E-state index contributed by atoms with van der Waals surface area (Å²) in [5.74, 6) is 1.79. The molecule has 0 bridgehead atoms.